The van der Waals surface area contributed by atoms with Crippen LogP contribution in [-0.4, -0.2) is 13.7 Å². The highest BCUT2D eigenvalue weighted by Crippen LogP contribution is 2.32. The minimum Gasteiger partial charge on any atom is -0.493 e. The summed E-state index contributed by atoms with van der Waals surface area (Å²) in [5.74, 6) is 1.95. The molecule has 17 heavy (non-hydrogen) atoms. The maximum absolute atomic E-state index is 5.89. The van der Waals surface area contributed by atoms with E-state index in [0.717, 1.165) is 23.5 Å². The Hall–Kier alpha value is -0.890. The summed E-state index contributed by atoms with van der Waals surface area (Å²) in [6.07, 6.45) is 0.993. The van der Waals surface area contributed by atoms with E-state index < -0.39 is 0 Å². The molecule has 0 N–H and O–H groups in total. The van der Waals surface area contributed by atoms with Crippen molar-refractivity contribution in [3.63, 3.8) is 0 Å². The zero-order chi connectivity index (χ0) is 12.9. The number of ether oxygens (including phenoxy) is 2. The molecule has 0 aliphatic carbocycles. The molecule has 1 aromatic carbocycles. The van der Waals surface area contributed by atoms with Crippen molar-refractivity contribution in [1.82, 2.24) is 0 Å². The molecule has 1 aromatic rings. The third kappa shape index (κ3) is 4.47. The maximum atomic E-state index is 5.89. The quantitative estimate of drug-likeness (QED) is 0.734. The van der Waals surface area contributed by atoms with Crippen LogP contribution in [-0.2, 0) is 5.88 Å². The largest absolute Gasteiger partial charge is 0.493 e. The summed E-state index contributed by atoms with van der Waals surface area (Å²) >= 11 is 5.89. The van der Waals surface area contributed by atoms with Crippen LogP contribution in [0.15, 0.2) is 18.2 Å². The average Bonchev–Trinajstić information content (AvgIpc) is 2.27. The smallest absolute Gasteiger partial charge is 0.165 e. The summed E-state index contributed by atoms with van der Waals surface area (Å²) in [6, 6.07) is 5.78. The van der Waals surface area contributed by atoms with Crippen LogP contribution in [0.5, 0.6) is 11.5 Å². The van der Waals surface area contributed by atoms with Crippen molar-refractivity contribution in [2.24, 2.45) is 5.41 Å². The highest BCUT2D eigenvalue weighted by molar-refractivity contribution is 6.17. The predicted molar refractivity (Wildman–Crippen MR) is 72.1 cm³/mol. The van der Waals surface area contributed by atoms with Gasteiger partial charge in [0.05, 0.1) is 19.6 Å². The van der Waals surface area contributed by atoms with Crippen molar-refractivity contribution in [1.29, 1.82) is 0 Å². The summed E-state index contributed by atoms with van der Waals surface area (Å²) in [6.45, 7) is 7.26. The first-order valence-electron chi connectivity index (χ1n) is 5.82. The lowest BCUT2D eigenvalue weighted by Gasteiger charge is -2.20. The number of alkyl halides is 1. The van der Waals surface area contributed by atoms with Crippen LogP contribution >= 0.6 is 11.6 Å². The van der Waals surface area contributed by atoms with Gasteiger partial charge in [-0.1, -0.05) is 32.9 Å². The Morgan fingerprint density at radius 1 is 1.24 bits per heavy atom. The fraction of sp³-hybridized carbons (Fsp3) is 0.571. The van der Waals surface area contributed by atoms with Gasteiger partial charge in [0.15, 0.2) is 11.5 Å². The molecule has 0 saturated carbocycles. The van der Waals surface area contributed by atoms with Gasteiger partial charge in [0.1, 0.15) is 0 Å². The highest BCUT2D eigenvalue weighted by atomic mass is 35.5. The van der Waals surface area contributed by atoms with Crippen molar-refractivity contribution in [3.05, 3.63) is 23.8 Å². The number of benzene rings is 1. The Bertz CT molecular complexity index is 333. The Morgan fingerprint density at radius 2 is 1.94 bits per heavy atom. The number of methoxy groups -OCH3 is 1. The fourth-order valence-electron chi connectivity index (χ4n) is 1.45. The second-order valence-corrected chi connectivity index (χ2v) is 5.51. The topological polar surface area (TPSA) is 18.5 Å². The molecule has 0 amide bonds. The van der Waals surface area contributed by atoms with Gasteiger partial charge in [-0.3, -0.25) is 0 Å². The molecule has 0 atom stereocenters. The predicted octanol–water partition coefficient (Wildman–Crippen LogP) is 4.25. The number of para-hydroxylation sites is 1. The Labute approximate surface area is 109 Å². The fourth-order valence-corrected chi connectivity index (χ4v) is 1.66. The van der Waals surface area contributed by atoms with Gasteiger partial charge in [0, 0.05) is 5.56 Å². The first kappa shape index (κ1) is 14.2. The molecule has 0 heterocycles. The Balaban J connectivity index is 2.74. The van der Waals surface area contributed by atoms with E-state index in [-0.39, 0.29) is 5.41 Å². The van der Waals surface area contributed by atoms with Crippen LogP contribution < -0.4 is 9.47 Å². The molecule has 0 fully saturated rings. The lowest BCUT2D eigenvalue weighted by molar-refractivity contribution is 0.233. The van der Waals surface area contributed by atoms with E-state index >= 15 is 0 Å². The van der Waals surface area contributed by atoms with E-state index in [4.69, 9.17) is 21.1 Å². The van der Waals surface area contributed by atoms with Crippen molar-refractivity contribution < 1.29 is 9.47 Å². The van der Waals surface area contributed by atoms with Crippen molar-refractivity contribution >= 4 is 11.6 Å². The summed E-state index contributed by atoms with van der Waals surface area (Å²) in [5.41, 5.74) is 1.24. The first-order valence-corrected chi connectivity index (χ1v) is 6.36. The number of hydrogen-bond donors (Lipinski definition) is 0. The highest BCUT2D eigenvalue weighted by Gasteiger charge is 2.13. The lowest BCUT2D eigenvalue weighted by atomic mass is 9.93. The zero-order valence-electron chi connectivity index (χ0n) is 11.0. The van der Waals surface area contributed by atoms with Gasteiger partial charge in [-0.2, -0.15) is 0 Å². The molecular weight excluding hydrogens is 236 g/mol. The molecule has 0 spiro atoms. The van der Waals surface area contributed by atoms with Gasteiger partial charge in [-0.15, -0.1) is 11.6 Å². The van der Waals surface area contributed by atoms with Gasteiger partial charge in [-0.25, -0.2) is 0 Å². The molecule has 0 aliphatic heterocycles. The first-order chi connectivity index (χ1) is 7.98. The van der Waals surface area contributed by atoms with E-state index in [1.54, 1.807) is 7.11 Å². The normalized spacial score (nSPS) is 11.4. The van der Waals surface area contributed by atoms with Crippen molar-refractivity contribution in [2.45, 2.75) is 33.1 Å². The van der Waals surface area contributed by atoms with Crippen LogP contribution in [0, 0.1) is 5.41 Å². The molecule has 1 rings (SSSR count). The van der Waals surface area contributed by atoms with Gasteiger partial charge in [-0.05, 0) is 17.9 Å². The SMILES string of the molecule is COc1cccc(CCl)c1OCCC(C)(C)C. The maximum Gasteiger partial charge on any atom is 0.165 e. The number of halogens is 1. The molecule has 3 heteroatoms. The average molecular weight is 257 g/mol. The zero-order valence-corrected chi connectivity index (χ0v) is 11.8. The molecule has 96 valence electrons. The van der Waals surface area contributed by atoms with Crippen molar-refractivity contribution in [3.8, 4) is 11.5 Å². The molecule has 2 nitrogen and oxygen atoms in total. The van der Waals surface area contributed by atoms with E-state index in [0.29, 0.717) is 12.5 Å². The summed E-state index contributed by atoms with van der Waals surface area (Å²) in [7, 11) is 1.64. The van der Waals surface area contributed by atoms with Crippen LogP contribution in [0.4, 0.5) is 0 Å². The molecule has 0 saturated heterocycles. The number of hydrogen-bond acceptors (Lipinski definition) is 2. The minimum atomic E-state index is 0.267. The second-order valence-electron chi connectivity index (χ2n) is 5.24. The standard InChI is InChI=1S/C14H21ClO2/c1-14(2,3)8-9-17-13-11(10-15)6-5-7-12(13)16-4/h5-7H,8-10H2,1-4H3. The molecule has 0 radical (unpaired) electrons. The summed E-state index contributed by atoms with van der Waals surface area (Å²) < 4.78 is 11.1. The molecule has 0 unspecified atom stereocenters. The molecular formula is C14H21ClO2. The van der Waals surface area contributed by atoms with E-state index in [2.05, 4.69) is 20.8 Å². The second kappa shape index (κ2) is 6.15. The monoisotopic (exact) mass is 256 g/mol. The van der Waals surface area contributed by atoms with E-state index in [9.17, 15) is 0 Å². The lowest BCUT2D eigenvalue weighted by Crippen LogP contribution is -2.12. The van der Waals surface area contributed by atoms with Gasteiger partial charge in [0.25, 0.3) is 0 Å². The van der Waals surface area contributed by atoms with Crippen LogP contribution in [0.1, 0.15) is 32.8 Å². The molecule has 0 aliphatic rings. The van der Waals surface area contributed by atoms with Crippen LogP contribution in [0.25, 0.3) is 0 Å². The third-order valence-corrected chi connectivity index (χ3v) is 2.81. The summed E-state index contributed by atoms with van der Waals surface area (Å²) in [4.78, 5) is 0. The minimum absolute atomic E-state index is 0.267. The molecule has 0 aromatic heterocycles. The van der Waals surface area contributed by atoms with Crippen LogP contribution in [0.3, 0.4) is 0 Å². The molecule has 0 bridgehead atoms. The van der Waals surface area contributed by atoms with Gasteiger partial charge < -0.3 is 9.47 Å². The van der Waals surface area contributed by atoms with Crippen molar-refractivity contribution in [2.75, 3.05) is 13.7 Å². The van der Waals surface area contributed by atoms with Crippen LogP contribution in [0.2, 0.25) is 0 Å². The van der Waals surface area contributed by atoms with E-state index in [1.807, 2.05) is 18.2 Å². The Kier molecular flexibility index (Phi) is 5.13. The third-order valence-electron chi connectivity index (χ3n) is 2.52. The van der Waals surface area contributed by atoms with Gasteiger partial charge in [0.2, 0.25) is 0 Å². The Morgan fingerprint density at radius 3 is 2.47 bits per heavy atom. The van der Waals surface area contributed by atoms with E-state index in [1.165, 1.54) is 0 Å². The van der Waals surface area contributed by atoms with Gasteiger partial charge >= 0.3 is 0 Å². The number of rotatable bonds is 5. The summed E-state index contributed by atoms with van der Waals surface area (Å²) in [5, 5.41) is 0.